The molecule has 2 aliphatic rings. The predicted octanol–water partition coefficient (Wildman–Crippen LogP) is 2.61. The summed E-state index contributed by atoms with van der Waals surface area (Å²) in [6.45, 7) is 6.58. The van der Waals surface area contributed by atoms with E-state index in [-0.39, 0.29) is 12.0 Å². The number of nitrogens with zero attached hydrogens (tertiary/aromatic N) is 1. The molecule has 3 N–H and O–H groups in total. The highest BCUT2D eigenvalue weighted by Crippen LogP contribution is 2.39. The monoisotopic (exact) mass is 337 g/mol. The second kappa shape index (κ2) is 10.7. The van der Waals surface area contributed by atoms with Gasteiger partial charge >= 0.3 is 0 Å². The number of aliphatic imine (C=N–C) groups is 1. The minimum absolute atomic E-state index is 0.207. The van der Waals surface area contributed by atoms with Crippen molar-refractivity contribution in [3.05, 3.63) is 11.6 Å². The van der Waals surface area contributed by atoms with Crippen LogP contribution in [0.4, 0.5) is 0 Å². The van der Waals surface area contributed by atoms with Gasteiger partial charge < -0.3 is 20.5 Å². The maximum absolute atomic E-state index is 9.44. The zero-order chi connectivity index (χ0) is 17.1. The molecule has 1 saturated carbocycles. The van der Waals surface area contributed by atoms with Crippen LogP contribution in [-0.2, 0) is 4.74 Å². The van der Waals surface area contributed by atoms with Crippen LogP contribution in [0.3, 0.4) is 0 Å². The van der Waals surface area contributed by atoms with Gasteiger partial charge in [0.25, 0.3) is 0 Å². The first kappa shape index (κ1) is 19.3. The molecule has 0 unspecified atom stereocenters. The van der Waals surface area contributed by atoms with Crippen molar-refractivity contribution in [2.45, 2.75) is 58.3 Å². The molecule has 138 valence electrons. The molecule has 0 radical (unpaired) electrons. The number of nitrogens with one attached hydrogen (secondary N) is 2. The quantitative estimate of drug-likeness (QED) is 0.362. The van der Waals surface area contributed by atoms with Crippen molar-refractivity contribution in [1.82, 2.24) is 10.6 Å². The molecule has 0 aromatic carbocycles. The van der Waals surface area contributed by atoms with Crippen molar-refractivity contribution in [3.8, 4) is 0 Å². The third kappa shape index (κ3) is 6.44. The Kier molecular flexibility index (Phi) is 8.60. The Labute approximate surface area is 147 Å². The third-order valence-electron chi connectivity index (χ3n) is 5.27. The Morgan fingerprint density at radius 2 is 2.12 bits per heavy atom. The number of ether oxygens (including phenoxy) is 1. The van der Waals surface area contributed by atoms with Crippen molar-refractivity contribution in [2.24, 2.45) is 10.4 Å². The van der Waals surface area contributed by atoms with Crippen molar-refractivity contribution in [3.63, 3.8) is 0 Å². The van der Waals surface area contributed by atoms with E-state index in [1.807, 2.05) is 0 Å². The molecule has 5 heteroatoms. The Hall–Kier alpha value is -1.07. The van der Waals surface area contributed by atoms with E-state index in [1.165, 1.54) is 37.7 Å². The highest BCUT2D eigenvalue weighted by molar-refractivity contribution is 5.79. The third-order valence-corrected chi connectivity index (χ3v) is 5.27. The molecule has 1 fully saturated rings. The highest BCUT2D eigenvalue weighted by atomic mass is 16.5. The van der Waals surface area contributed by atoms with E-state index in [9.17, 15) is 5.11 Å². The summed E-state index contributed by atoms with van der Waals surface area (Å²) in [6.07, 6.45) is 11.5. The maximum Gasteiger partial charge on any atom is 0.191 e. The molecular weight excluding hydrogens is 302 g/mol. The summed E-state index contributed by atoms with van der Waals surface area (Å²) in [5.74, 6) is 0.910. The molecule has 2 rings (SSSR count). The second-order valence-electron chi connectivity index (χ2n) is 7.09. The second-order valence-corrected chi connectivity index (χ2v) is 7.09. The standard InChI is InChI=1S/C19H35N3O2/c1-2-20-18(21-12-6-17-7-14-24-15-8-17)22-16-19(11-13-23)9-4-3-5-10-19/h7,23H,2-6,8-16H2,1H3,(H2,20,21,22). The average molecular weight is 338 g/mol. The van der Waals surface area contributed by atoms with Gasteiger partial charge in [-0.15, -0.1) is 0 Å². The summed E-state index contributed by atoms with van der Waals surface area (Å²) in [5.41, 5.74) is 1.69. The number of aliphatic hydroxyl groups is 1. The van der Waals surface area contributed by atoms with Gasteiger partial charge in [-0.2, -0.15) is 0 Å². The summed E-state index contributed by atoms with van der Waals surface area (Å²) in [7, 11) is 0. The summed E-state index contributed by atoms with van der Waals surface area (Å²) >= 11 is 0. The lowest BCUT2D eigenvalue weighted by Crippen LogP contribution is -2.39. The highest BCUT2D eigenvalue weighted by Gasteiger charge is 2.31. The molecule has 5 nitrogen and oxygen atoms in total. The van der Waals surface area contributed by atoms with Gasteiger partial charge in [-0.05, 0) is 44.4 Å². The molecule has 1 aliphatic carbocycles. The van der Waals surface area contributed by atoms with E-state index >= 15 is 0 Å². The van der Waals surface area contributed by atoms with E-state index in [0.29, 0.717) is 0 Å². The van der Waals surface area contributed by atoms with E-state index in [0.717, 1.165) is 58.1 Å². The molecule has 1 aliphatic heterocycles. The van der Waals surface area contributed by atoms with Crippen molar-refractivity contribution in [2.75, 3.05) is 39.5 Å². The molecule has 1 heterocycles. The van der Waals surface area contributed by atoms with Crippen LogP contribution in [0.25, 0.3) is 0 Å². The fourth-order valence-corrected chi connectivity index (χ4v) is 3.75. The van der Waals surface area contributed by atoms with Gasteiger partial charge in [0, 0.05) is 26.2 Å². The van der Waals surface area contributed by atoms with Gasteiger partial charge in [0.2, 0.25) is 0 Å². The zero-order valence-corrected chi connectivity index (χ0v) is 15.3. The number of rotatable bonds is 8. The number of hydrogen-bond acceptors (Lipinski definition) is 3. The SMILES string of the molecule is CCNC(=NCC1(CCO)CCCCC1)NCCC1=CCOCC1. The smallest absolute Gasteiger partial charge is 0.191 e. The average Bonchev–Trinajstić information content (AvgIpc) is 2.62. The fourth-order valence-electron chi connectivity index (χ4n) is 3.75. The lowest BCUT2D eigenvalue weighted by atomic mass is 9.72. The van der Waals surface area contributed by atoms with E-state index in [4.69, 9.17) is 9.73 Å². The number of hydrogen-bond donors (Lipinski definition) is 3. The number of guanidine groups is 1. The first-order valence-electron chi connectivity index (χ1n) is 9.67. The van der Waals surface area contributed by atoms with Crippen LogP contribution >= 0.6 is 0 Å². The first-order chi connectivity index (χ1) is 11.8. The Balaban J connectivity index is 1.85. The van der Waals surface area contributed by atoms with Crippen LogP contribution in [0.2, 0.25) is 0 Å². The molecule has 0 amide bonds. The molecule has 0 aromatic rings. The van der Waals surface area contributed by atoms with Crippen molar-refractivity contribution < 1.29 is 9.84 Å². The van der Waals surface area contributed by atoms with Crippen LogP contribution < -0.4 is 10.6 Å². The van der Waals surface area contributed by atoms with E-state index < -0.39 is 0 Å². The summed E-state index contributed by atoms with van der Waals surface area (Å²) in [6, 6.07) is 0. The van der Waals surface area contributed by atoms with Gasteiger partial charge in [-0.25, -0.2) is 0 Å². The molecular formula is C19H35N3O2. The predicted molar refractivity (Wildman–Crippen MR) is 99.3 cm³/mol. The van der Waals surface area contributed by atoms with Crippen LogP contribution in [0.1, 0.15) is 58.3 Å². The van der Waals surface area contributed by atoms with Gasteiger partial charge in [0.05, 0.1) is 13.2 Å². The van der Waals surface area contributed by atoms with Gasteiger partial charge in [-0.1, -0.05) is 30.9 Å². The summed E-state index contributed by atoms with van der Waals surface area (Å²) < 4.78 is 5.35. The minimum Gasteiger partial charge on any atom is -0.396 e. The van der Waals surface area contributed by atoms with Crippen LogP contribution in [0, 0.1) is 5.41 Å². The lowest BCUT2D eigenvalue weighted by molar-refractivity contribution is 0.137. The number of aliphatic hydroxyl groups excluding tert-OH is 1. The van der Waals surface area contributed by atoms with Gasteiger partial charge in [0.1, 0.15) is 0 Å². The van der Waals surface area contributed by atoms with Crippen molar-refractivity contribution >= 4 is 5.96 Å². The van der Waals surface area contributed by atoms with Crippen LogP contribution in [0.15, 0.2) is 16.6 Å². The molecule has 0 aromatic heterocycles. The van der Waals surface area contributed by atoms with Gasteiger partial charge in [0.15, 0.2) is 5.96 Å². The largest absolute Gasteiger partial charge is 0.396 e. The molecule has 0 spiro atoms. The lowest BCUT2D eigenvalue weighted by Gasteiger charge is -2.35. The first-order valence-corrected chi connectivity index (χ1v) is 9.67. The van der Waals surface area contributed by atoms with Crippen LogP contribution in [0.5, 0.6) is 0 Å². The van der Waals surface area contributed by atoms with Crippen molar-refractivity contribution in [1.29, 1.82) is 0 Å². The fraction of sp³-hybridized carbons (Fsp3) is 0.842. The van der Waals surface area contributed by atoms with E-state index in [2.05, 4.69) is 23.6 Å². The van der Waals surface area contributed by atoms with Crippen LogP contribution in [-0.4, -0.2) is 50.5 Å². The normalized spacial score (nSPS) is 21.2. The summed E-state index contributed by atoms with van der Waals surface area (Å²) in [4.78, 5) is 4.85. The molecule has 0 bridgehead atoms. The Bertz CT molecular complexity index is 409. The zero-order valence-electron chi connectivity index (χ0n) is 15.3. The topological polar surface area (TPSA) is 65.9 Å². The molecule has 0 atom stereocenters. The minimum atomic E-state index is 0.207. The van der Waals surface area contributed by atoms with E-state index in [1.54, 1.807) is 0 Å². The Morgan fingerprint density at radius 3 is 2.79 bits per heavy atom. The Morgan fingerprint density at radius 1 is 1.29 bits per heavy atom. The molecule has 24 heavy (non-hydrogen) atoms. The van der Waals surface area contributed by atoms with Gasteiger partial charge in [-0.3, -0.25) is 4.99 Å². The molecule has 0 saturated heterocycles. The maximum atomic E-state index is 9.44. The summed E-state index contributed by atoms with van der Waals surface area (Å²) in [5, 5.41) is 16.3.